The predicted molar refractivity (Wildman–Crippen MR) is 65.5 cm³/mol. The molecule has 18 heavy (non-hydrogen) atoms. The Morgan fingerprint density at radius 2 is 2.22 bits per heavy atom. The molecule has 1 aromatic rings. The van der Waals surface area contributed by atoms with Gasteiger partial charge in [0.2, 0.25) is 0 Å². The molecule has 0 bridgehead atoms. The number of aryl methyl sites for hydroxylation is 1. The van der Waals surface area contributed by atoms with Crippen molar-refractivity contribution in [3.63, 3.8) is 0 Å². The predicted octanol–water partition coefficient (Wildman–Crippen LogP) is 2.20. The second-order valence-electron chi connectivity index (χ2n) is 4.42. The minimum Gasteiger partial charge on any atom is -0.465 e. The number of carbonyl (C=O) groups is 2. The van der Waals surface area contributed by atoms with Crippen molar-refractivity contribution in [2.24, 2.45) is 0 Å². The standard InChI is InChI=1S/C14H16O4/c1-9-7-10(14(16)17-2)3-4-12(9)13-8-11(15)5-6-18-13/h3-4,7,13H,5-6,8H2,1-2H3. The van der Waals surface area contributed by atoms with Crippen LogP contribution < -0.4 is 0 Å². The fourth-order valence-electron chi connectivity index (χ4n) is 2.16. The number of benzene rings is 1. The van der Waals surface area contributed by atoms with Crippen LogP contribution in [0.25, 0.3) is 0 Å². The average molecular weight is 248 g/mol. The smallest absolute Gasteiger partial charge is 0.337 e. The van der Waals surface area contributed by atoms with Crippen molar-refractivity contribution in [1.82, 2.24) is 0 Å². The maximum absolute atomic E-state index is 11.4. The maximum Gasteiger partial charge on any atom is 0.337 e. The van der Waals surface area contributed by atoms with Crippen molar-refractivity contribution in [1.29, 1.82) is 0 Å². The highest BCUT2D eigenvalue weighted by atomic mass is 16.5. The van der Waals surface area contributed by atoms with Gasteiger partial charge in [-0.3, -0.25) is 4.79 Å². The Kier molecular flexibility index (Phi) is 3.77. The quantitative estimate of drug-likeness (QED) is 0.753. The highest BCUT2D eigenvalue weighted by Crippen LogP contribution is 2.29. The van der Waals surface area contributed by atoms with Gasteiger partial charge in [0.15, 0.2) is 0 Å². The Labute approximate surface area is 106 Å². The summed E-state index contributed by atoms with van der Waals surface area (Å²) in [6, 6.07) is 5.31. The van der Waals surface area contributed by atoms with Crippen molar-refractivity contribution in [3.8, 4) is 0 Å². The molecule has 0 saturated carbocycles. The van der Waals surface area contributed by atoms with E-state index in [9.17, 15) is 9.59 Å². The lowest BCUT2D eigenvalue weighted by atomic mass is 9.95. The number of methoxy groups -OCH3 is 1. The Bertz CT molecular complexity index is 479. The third-order valence-corrected chi connectivity index (χ3v) is 3.15. The summed E-state index contributed by atoms with van der Waals surface area (Å²) in [5, 5.41) is 0. The molecule has 0 spiro atoms. The van der Waals surface area contributed by atoms with Gasteiger partial charge in [0, 0.05) is 12.8 Å². The molecule has 4 nitrogen and oxygen atoms in total. The van der Waals surface area contributed by atoms with Gasteiger partial charge in [-0.05, 0) is 30.2 Å². The summed E-state index contributed by atoms with van der Waals surface area (Å²) in [4.78, 5) is 22.8. The number of ether oxygens (including phenoxy) is 2. The molecule has 0 aliphatic carbocycles. The minimum atomic E-state index is -0.356. The number of esters is 1. The van der Waals surface area contributed by atoms with Crippen molar-refractivity contribution >= 4 is 11.8 Å². The summed E-state index contributed by atoms with van der Waals surface area (Å²) >= 11 is 0. The van der Waals surface area contributed by atoms with Crippen molar-refractivity contribution in [2.45, 2.75) is 25.9 Å². The topological polar surface area (TPSA) is 52.6 Å². The van der Waals surface area contributed by atoms with Gasteiger partial charge < -0.3 is 9.47 Å². The monoisotopic (exact) mass is 248 g/mol. The number of hydrogen-bond acceptors (Lipinski definition) is 4. The summed E-state index contributed by atoms with van der Waals surface area (Å²) in [5.74, 6) is -0.131. The summed E-state index contributed by atoms with van der Waals surface area (Å²) < 4.78 is 10.3. The largest absolute Gasteiger partial charge is 0.465 e. The number of Topliss-reactive ketones (excluding diaryl/α,β-unsaturated/α-hetero) is 1. The molecule has 0 radical (unpaired) electrons. The molecule has 1 heterocycles. The molecule has 0 amide bonds. The SMILES string of the molecule is COC(=O)c1ccc(C2CC(=O)CCO2)c(C)c1. The summed E-state index contributed by atoms with van der Waals surface area (Å²) in [6.07, 6.45) is 0.728. The number of carbonyl (C=O) groups excluding carboxylic acids is 2. The van der Waals surface area contributed by atoms with Crippen LogP contribution in [0.1, 0.15) is 40.4 Å². The van der Waals surface area contributed by atoms with E-state index in [2.05, 4.69) is 4.74 Å². The lowest BCUT2D eigenvalue weighted by Gasteiger charge is -2.23. The average Bonchev–Trinajstić information content (AvgIpc) is 2.37. The zero-order valence-electron chi connectivity index (χ0n) is 10.6. The molecule has 2 rings (SSSR count). The number of rotatable bonds is 2. The van der Waals surface area contributed by atoms with Crippen LogP contribution >= 0.6 is 0 Å². The molecule has 1 atom stereocenters. The molecule has 1 aliphatic heterocycles. The Morgan fingerprint density at radius 3 is 2.83 bits per heavy atom. The fraction of sp³-hybridized carbons (Fsp3) is 0.429. The first kappa shape index (κ1) is 12.8. The van der Waals surface area contributed by atoms with E-state index in [1.165, 1.54) is 7.11 Å². The van der Waals surface area contributed by atoms with Crippen LogP contribution in [-0.2, 0) is 14.3 Å². The van der Waals surface area contributed by atoms with Gasteiger partial charge >= 0.3 is 5.97 Å². The zero-order chi connectivity index (χ0) is 13.1. The second-order valence-corrected chi connectivity index (χ2v) is 4.42. The van der Waals surface area contributed by atoms with Gasteiger partial charge in [0.1, 0.15) is 5.78 Å². The Balaban J connectivity index is 2.24. The number of ketones is 1. The normalized spacial score (nSPS) is 19.7. The summed E-state index contributed by atoms with van der Waals surface area (Å²) in [5.41, 5.74) is 2.43. The van der Waals surface area contributed by atoms with E-state index >= 15 is 0 Å². The molecule has 1 unspecified atom stereocenters. The molecule has 4 heteroatoms. The first-order valence-corrected chi connectivity index (χ1v) is 5.94. The molecular formula is C14H16O4. The number of hydrogen-bond donors (Lipinski definition) is 0. The van der Waals surface area contributed by atoms with E-state index in [1.807, 2.05) is 13.0 Å². The minimum absolute atomic E-state index is 0.182. The van der Waals surface area contributed by atoms with E-state index in [0.29, 0.717) is 25.0 Å². The van der Waals surface area contributed by atoms with Gasteiger partial charge in [-0.25, -0.2) is 4.79 Å². The van der Waals surface area contributed by atoms with Crippen LogP contribution in [0.3, 0.4) is 0 Å². The first-order valence-electron chi connectivity index (χ1n) is 5.94. The third kappa shape index (κ3) is 2.59. The molecule has 1 saturated heterocycles. The second kappa shape index (κ2) is 5.31. The van der Waals surface area contributed by atoms with Crippen LogP contribution in [-0.4, -0.2) is 25.5 Å². The van der Waals surface area contributed by atoms with E-state index < -0.39 is 0 Å². The molecule has 1 aliphatic rings. The summed E-state index contributed by atoms with van der Waals surface area (Å²) in [7, 11) is 1.36. The first-order chi connectivity index (χ1) is 8.61. The molecule has 1 fully saturated rings. The molecule has 1 aromatic carbocycles. The molecule has 0 aromatic heterocycles. The van der Waals surface area contributed by atoms with Crippen LogP contribution in [0.4, 0.5) is 0 Å². The van der Waals surface area contributed by atoms with E-state index in [-0.39, 0.29) is 17.9 Å². The van der Waals surface area contributed by atoms with Crippen LogP contribution in [0, 0.1) is 6.92 Å². The molecule has 0 N–H and O–H groups in total. The van der Waals surface area contributed by atoms with E-state index in [0.717, 1.165) is 11.1 Å². The maximum atomic E-state index is 11.4. The molecule has 96 valence electrons. The van der Waals surface area contributed by atoms with E-state index in [4.69, 9.17) is 4.74 Å². The third-order valence-electron chi connectivity index (χ3n) is 3.15. The van der Waals surface area contributed by atoms with Crippen LogP contribution in [0.5, 0.6) is 0 Å². The van der Waals surface area contributed by atoms with Crippen molar-refractivity contribution in [2.75, 3.05) is 13.7 Å². The Hall–Kier alpha value is -1.68. The Morgan fingerprint density at radius 1 is 1.44 bits per heavy atom. The van der Waals surface area contributed by atoms with Crippen molar-refractivity contribution in [3.05, 3.63) is 34.9 Å². The van der Waals surface area contributed by atoms with E-state index in [1.54, 1.807) is 12.1 Å². The van der Waals surface area contributed by atoms with Gasteiger partial charge in [0.25, 0.3) is 0 Å². The van der Waals surface area contributed by atoms with Crippen LogP contribution in [0.2, 0.25) is 0 Å². The molecular weight excluding hydrogens is 232 g/mol. The van der Waals surface area contributed by atoms with Gasteiger partial charge in [0.05, 0.1) is 25.4 Å². The van der Waals surface area contributed by atoms with Gasteiger partial charge in [-0.1, -0.05) is 6.07 Å². The van der Waals surface area contributed by atoms with Crippen LogP contribution in [0.15, 0.2) is 18.2 Å². The summed E-state index contributed by atoms with van der Waals surface area (Å²) in [6.45, 7) is 2.38. The highest BCUT2D eigenvalue weighted by molar-refractivity contribution is 5.89. The fourth-order valence-corrected chi connectivity index (χ4v) is 2.16. The van der Waals surface area contributed by atoms with Crippen molar-refractivity contribution < 1.29 is 19.1 Å². The lowest BCUT2D eigenvalue weighted by molar-refractivity contribution is -0.128. The zero-order valence-corrected chi connectivity index (χ0v) is 10.6. The van der Waals surface area contributed by atoms with Gasteiger partial charge in [-0.2, -0.15) is 0 Å². The lowest BCUT2D eigenvalue weighted by Crippen LogP contribution is -2.20. The van der Waals surface area contributed by atoms with Gasteiger partial charge in [-0.15, -0.1) is 0 Å². The highest BCUT2D eigenvalue weighted by Gasteiger charge is 2.23.